The van der Waals surface area contributed by atoms with Crippen molar-refractivity contribution in [2.75, 3.05) is 18.4 Å². The number of rotatable bonds is 4. The Labute approximate surface area is 158 Å². The number of hydrogen-bond donors (Lipinski definition) is 1. The van der Waals surface area contributed by atoms with E-state index < -0.39 is 33.6 Å². The van der Waals surface area contributed by atoms with Gasteiger partial charge in [-0.05, 0) is 36.4 Å². The third kappa shape index (κ3) is 4.33. The van der Waals surface area contributed by atoms with Crippen LogP contribution in [0.25, 0.3) is 0 Å². The number of piperidine rings is 1. The Bertz CT molecular complexity index is 912. The molecule has 27 heavy (non-hydrogen) atoms. The standard InChI is InChI=1S/C17H17F3N2O3S2/c18-17(19,20)13-6-1-2-7-14(13)21-16(23)12-5-3-9-22(11-12)27(24,25)15-8-4-10-26-15/h1-2,4,6-8,10,12H,3,5,9,11H2,(H,21,23). The number of thiophene rings is 1. The highest BCUT2D eigenvalue weighted by Crippen LogP contribution is 2.35. The summed E-state index contributed by atoms with van der Waals surface area (Å²) in [5, 5.41) is 3.96. The highest BCUT2D eigenvalue weighted by Gasteiger charge is 2.36. The van der Waals surface area contributed by atoms with Gasteiger partial charge < -0.3 is 5.32 Å². The van der Waals surface area contributed by atoms with E-state index >= 15 is 0 Å². The Morgan fingerprint density at radius 3 is 2.59 bits per heavy atom. The van der Waals surface area contributed by atoms with E-state index in [1.165, 1.54) is 28.6 Å². The largest absolute Gasteiger partial charge is 0.418 e. The molecule has 1 aromatic heterocycles. The lowest BCUT2D eigenvalue weighted by Gasteiger charge is -2.31. The zero-order valence-corrected chi connectivity index (χ0v) is 15.7. The van der Waals surface area contributed by atoms with Gasteiger partial charge in [-0.1, -0.05) is 18.2 Å². The smallest absolute Gasteiger partial charge is 0.325 e. The van der Waals surface area contributed by atoms with Crippen LogP contribution in [0.3, 0.4) is 0 Å². The highest BCUT2D eigenvalue weighted by molar-refractivity contribution is 7.91. The van der Waals surface area contributed by atoms with Crippen LogP contribution < -0.4 is 5.32 Å². The van der Waals surface area contributed by atoms with E-state index in [1.807, 2.05) is 0 Å². The molecule has 1 fully saturated rings. The van der Waals surface area contributed by atoms with E-state index in [4.69, 9.17) is 0 Å². The number of amides is 1. The second-order valence-corrected chi connectivity index (χ2v) is 9.28. The maximum absolute atomic E-state index is 13.1. The predicted octanol–water partition coefficient (Wildman–Crippen LogP) is 3.81. The van der Waals surface area contributed by atoms with E-state index in [0.717, 1.165) is 17.4 Å². The van der Waals surface area contributed by atoms with Crippen molar-refractivity contribution in [1.82, 2.24) is 4.31 Å². The van der Waals surface area contributed by atoms with Crippen LogP contribution in [0.5, 0.6) is 0 Å². The SMILES string of the molecule is O=C(Nc1ccccc1C(F)(F)F)C1CCCN(S(=O)(=O)c2cccs2)C1. The molecular weight excluding hydrogens is 401 g/mol. The summed E-state index contributed by atoms with van der Waals surface area (Å²) in [7, 11) is -3.70. The normalized spacial score (nSPS) is 19.0. The molecule has 1 aromatic carbocycles. The molecule has 0 bridgehead atoms. The summed E-state index contributed by atoms with van der Waals surface area (Å²) in [6, 6.07) is 7.84. The van der Waals surface area contributed by atoms with Crippen LogP contribution in [-0.4, -0.2) is 31.7 Å². The monoisotopic (exact) mass is 418 g/mol. The van der Waals surface area contributed by atoms with E-state index in [9.17, 15) is 26.4 Å². The summed E-state index contributed by atoms with van der Waals surface area (Å²) in [6.45, 7) is 0.226. The minimum absolute atomic E-state index is 0.0553. The molecule has 5 nitrogen and oxygen atoms in total. The second-order valence-electron chi connectivity index (χ2n) is 6.17. The number of para-hydroxylation sites is 1. The first kappa shape index (κ1) is 19.8. The van der Waals surface area contributed by atoms with Gasteiger partial charge in [0.05, 0.1) is 17.2 Å². The molecule has 1 aliphatic rings. The number of alkyl halides is 3. The van der Waals surface area contributed by atoms with Gasteiger partial charge in [-0.15, -0.1) is 11.3 Å². The van der Waals surface area contributed by atoms with E-state index in [2.05, 4.69) is 5.32 Å². The average molecular weight is 418 g/mol. The van der Waals surface area contributed by atoms with Crippen LogP contribution in [0.2, 0.25) is 0 Å². The van der Waals surface area contributed by atoms with Gasteiger partial charge in [-0.25, -0.2) is 8.42 Å². The third-order valence-electron chi connectivity index (χ3n) is 4.33. The number of hydrogen-bond acceptors (Lipinski definition) is 4. The van der Waals surface area contributed by atoms with Gasteiger partial charge in [-0.2, -0.15) is 17.5 Å². The lowest BCUT2D eigenvalue weighted by molar-refractivity contribution is -0.137. The molecule has 2 aromatic rings. The number of carbonyl (C=O) groups is 1. The molecule has 1 unspecified atom stereocenters. The number of nitrogens with one attached hydrogen (secondary N) is 1. The molecule has 1 N–H and O–H groups in total. The molecule has 3 rings (SSSR count). The highest BCUT2D eigenvalue weighted by atomic mass is 32.2. The fraction of sp³-hybridized carbons (Fsp3) is 0.353. The molecule has 0 aliphatic carbocycles. The summed E-state index contributed by atoms with van der Waals surface area (Å²) in [4.78, 5) is 12.5. The summed E-state index contributed by atoms with van der Waals surface area (Å²) < 4.78 is 65.9. The minimum Gasteiger partial charge on any atom is -0.325 e. The lowest BCUT2D eigenvalue weighted by Crippen LogP contribution is -2.43. The maximum atomic E-state index is 13.1. The summed E-state index contributed by atoms with van der Waals surface area (Å²) in [6.07, 6.45) is -3.72. The number of halogens is 3. The average Bonchev–Trinajstić information content (AvgIpc) is 3.17. The van der Waals surface area contributed by atoms with Gasteiger partial charge in [0.1, 0.15) is 4.21 Å². The van der Waals surface area contributed by atoms with Crippen LogP contribution in [0.1, 0.15) is 18.4 Å². The molecule has 0 radical (unpaired) electrons. The summed E-state index contributed by atoms with van der Waals surface area (Å²) >= 11 is 1.09. The number of anilines is 1. The van der Waals surface area contributed by atoms with Gasteiger partial charge in [-0.3, -0.25) is 4.79 Å². The Balaban J connectivity index is 1.75. The van der Waals surface area contributed by atoms with Crippen molar-refractivity contribution >= 4 is 33.0 Å². The number of carbonyl (C=O) groups excluding carboxylic acids is 1. The van der Waals surface area contributed by atoms with Crippen LogP contribution in [0, 0.1) is 5.92 Å². The summed E-state index contributed by atoms with van der Waals surface area (Å²) in [5.41, 5.74) is -1.26. The van der Waals surface area contributed by atoms with Crippen LogP contribution in [0.4, 0.5) is 18.9 Å². The van der Waals surface area contributed by atoms with Gasteiger partial charge in [0, 0.05) is 13.1 Å². The van der Waals surface area contributed by atoms with Crippen molar-refractivity contribution in [1.29, 1.82) is 0 Å². The topological polar surface area (TPSA) is 66.5 Å². The second kappa shape index (κ2) is 7.61. The van der Waals surface area contributed by atoms with Crippen LogP contribution in [0.15, 0.2) is 46.0 Å². The predicted molar refractivity (Wildman–Crippen MR) is 95.9 cm³/mol. The third-order valence-corrected chi connectivity index (χ3v) is 7.57. The van der Waals surface area contributed by atoms with Crippen molar-refractivity contribution in [3.8, 4) is 0 Å². The quantitative estimate of drug-likeness (QED) is 0.821. The Hall–Kier alpha value is -1.91. The van der Waals surface area contributed by atoms with E-state index in [1.54, 1.807) is 11.4 Å². The molecule has 1 atom stereocenters. The molecule has 0 saturated carbocycles. The molecular formula is C17H17F3N2O3S2. The molecule has 1 amide bonds. The van der Waals surface area contributed by atoms with Crippen molar-refractivity contribution < 1.29 is 26.4 Å². The molecule has 146 valence electrons. The first-order valence-electron chi connectivity index (χ1n) is 8.20. The fourth-order valence-corrected chi connectivity index (χ4v) is 5.65. The van der Waals surface area contributed by atoms with E-state index in [-0.39, 0.29) is 23.0 Å². The van der Waals surface area contributed by atoms with E-state index in [0.29, 0.717) is 12.8 Å². The number of nitrogens with zero attached hydrogens (tertiary/aromatic N) is 1. The van der Waals surface area contributed by atoms with Gasteiger partial charge >= 0.3 is 6.18 Å². The Morgan fingerprint density at radius 1 is 1.19 bits per heavy atom. The van der Waals surface area contributed by atoms with Crippen LogP contribution in [-0.2, 0) is 21.0 Å². The van der Waals surface area contributed by atoms with Crippen molar-refractivity contribution in [2.45, 2.75) is 23.2 Å². The maximum Gasteiger partial charge on any atom is 0.418 e. The first-order valence-corrected chi connectivity index (χ1v) is 10.5. The molecule has 1 aliphatic heterocycles. The van der Waals surface area contributed by atoms with Gasteiger partial charge in [0.2, 0.25) is 5.91 Å². The fourth-order valence-electron chi connectivity index (χ4n) is 2.99. The van der Waals surface area contributed by atoms with Gasteiger partial charge in [0.25, 0.3) is 10.0 Å². The minimum atomic E-state index is -4.59. The molecule has 2 heterocycles. The first-order chi connectivity index (χ1) is 12.7. The zero-order chi connectivity index (χ0) is 19.7. The Morgan fingerprint density at radius 2 is 1.93 bits per heavy atom. The van der Waals surface area contributed by atoms with Crippen molar-refractivity contribution in [2.24, 2.45) is 5.92 Å². The van der Waals surface area contributed by atoms with Crippen molar-refractivity contribution in [3.05, 3.63) is 47.3 Å². The van der Waals surface area contributed by atoms with Gasteiger partial charge in [0.15, 0.2) is 0 Å². The zero-order valence-electron chi connectivity index (χ0n) is 14.1. The molecule has 10 heteroatoms. The van der Waals surface area contributed by atoms with Crippen LogP contribution >= 0.6 is 11.3 Å². The van der Waals surface area contributed by atoms with Crippen molar-refractivity contribution in [3.63, 3.8) is 0 Å². The Kier molecular flexibility index (Phi) is 5.59. The lowest BCUT2D eigenvalue weighted by atomic mass is 9.98. The summed E-state index contributed by atoms with van der Waals surface area (Å²) in [5.74, 6) is -1.33. The molecule has 1 saturated heterocycles. The number of sulfonamides is 1. The number of benzene rings is 1. The molecule has 0 spiro atoms.